The third-order valence-corrected chi connectivity index (χ3v) is 7.50. The highest BCUT2D eigenvalue weighted by Crippen LogP contribution is 2.38. The number of carbonyl (C=O) groups is 3. The number of hydrogen-bond donors (Lipinski definition) is 2. The smallest absolute Gasteiger partial charge is 0.248 e. The first-order chi connectivity index (χ1) is 21.5. The molecule has 1 aromatic heterocycles. The van der Waals surface area contributed by atoms with Gasteiger partial charge in [-0.05, 0) is 57.4 Å². The van der Waals surface area contributed by atoms with Crippen LogP contribution in [0.3, 0.4) is 0 Å². The molecule has 3 rings (SSSR count). The van der Waals surface area contributed by atoms with Crippen molar-refractivity contribution < 1.29 is 37.9 Å². The van der Waals surface area contributed by atoms with Crippen molar-refractivity contribution in [1.82, 2.24) is 15.4 Å². The Balaban J connectivity index is 2.03. The van der Waals surface area contributed by atoms with E-state index in [0.29, 0.717) is 47.2 Å². The van der Waals surface area contributed by atoms with Gasteiger partial charge in [-0.1, -0.05) is 30.3 Å². The number of aryl methyl sites for hydroxylation is 1. The predicted molar refractivity (Wildman–Crippen MR) is 169 cm³/mol. The summed E-state index contributed by atoms with van der Waals surface area (Å²) in [6, 6.07) is 11.2. The second kappa shape index (κ2) is 15.8. The molecule has 3 amide bonds. The zero-order valence-corrected chi connectivity index (χ0v) is 27.3. The first kappa shape index (κ1) is 34.7. The normalized spacial score (nSPS) is 11.7. The van der Waals surface area contributed by atoms with Gasteiger partial charge in [-0.15, -0.1) is 0 Å². The molecule has 0 spiro atoms. The fraction of sp³-hybridized carbons (Fsp3) is 0.455. The first-order valence-corrected chi connectivity index (χ1v) is 14.7. The van der Waals surface area contributed by atoms with Crippen LogP contribution in [-0.2, 0) is 20.8 Å². The van der Waals surface area contributed by atoms with Gasteiger partial charge in [0.1, 0.15) is 11.8 Å². The largest absolute Gasteiger partial charge is 0.493 e. The van der Waals surface area contributed by atoms with Gasteiger partial charge in [0.25, 0.3) is 0 Å². The van der Waals surface area contributed by atoms with Crippen molar-refractivity contribution in [2.45, 2.75) is 65.0 Å². The molecule has 2 N–H and O–H groups in total. The Morgan fingerprint density at radius 1 is 0.933 bits per heavy atom. The predicted octanol–water partition coefficient (Wildman–Crippen LogP) is 4.85. The van der Waals surface area contributed by atoms with Gasteiger partial charge in [-0.25, -0.2) is 0 Å². The number of amides is 3. The average Bonchev–Trinajstić information content (AvgIpc) is 3.44. The van der Waals surface area contributed by atoms with Crippen LogP contribution in [0.5, 0.6) is 23.0 Å². The number of benzene rings is 2. The standard InChI is InChI=1S/C33H44N4O8/c1-9-33(3,4)35-32(40)30(23-11-10-12-25(42-6)31(23)44-8)37(18-17-22-13-14-24(41-5)26(20-22)43-7)29(39)16-15-28(38)34-27-19-21(2)45-36-27/h10-14,19-20,30H,9,15-18H2,1-8H3,(H,35,40)(H,34,36,38)/t30-/m0/s1. The van der Waals surface area contributed by atoms with E-state index in [0.717, 1.165) is 5.56 Å². The molecular weight excluding hydrogens is 580 g/mol. The van der Waals surface area contributed by atoms with Gasteiger partial charge in [0.2, 0.25) is 17.7 Å². The van der Waals surface area contributed by atoms with Gasteiger partial charge >= 0.3 is 0 Å². The number of nitrogens with zero attached hydrogens (tertiary/aromatic N) is 2. The molecule has 0 bridgehead atoms. The average molecular weight is 625 g/mol. The summed E-state index contributed by atoms with van der Waals surface area (Å²) in [4.78, 5) is 42.5. The van der Waals surface area contributed by atoms with Crippen LogP contribution in [0.1, 0.15) is 63.0 Å². The Hall–Kier alpha value is -4.74. The number of anilines is 1. The molecule has 45 heavy (non-hydrogen) atoms. The molecule has 3 aromatic rings. The molecule has 1 atom stereocenters. The van der Waals surface area contributed by atoms with Gasteiger partial charge in [0.15, 0.2) is 28.8 Å². The topological polar surface area (TPSA) is 141 Å². The van der Waals surface area contributed by atoms with Crippen LogP contribution in [0.2, 0.25) is 0 Å². The molecule has 0 saturated heterocycles. The molecule has 1 heterocycles. The maximum atomic E-state index is 14.2. The Morgan fingerprint density at radius 3 is 2.24 bits per heavy atom. The minimum absolute atomic E-state index is 0.137. The van der Waals surface area contributed by atoms with E-state index in [4.69, 9.17) is 23.5 Å². The summed E-state index contributed by atoms with van der Waals surface area (Å²) in [6.07, 6.45) is 0.731. The highest BCUT2D eigenvalue weighted by molar-refractivity contribution is 5.94. The van der Waals surface area contributed by atoms with Crippen molar-refractivity contribution in [2.24, 2.45) is 0 Å². The molecule has 12 nitrogen and oxygen atoms in total. The van der Waals surface area contributed by atoms with E-state index in [1.54, 1.807) is 51.5 Å². The van der Waals surface area contributed by atoms with E-state index < -0.39 is 29.3 Å². The SMILES string of the molecule is CCC(C)(C)NC(=O)[C@H](c1cccc(OC)c1OC)N(CCc1ccc(OC)c(OC)c1)C(=O)CCC(=O)Nc1cc(C)on1. The van der Waals surface area contributed by atoms with Crippen molar-refractivity contribution in [2.75, 3.05) is 40.3 Å². The lowest BCUT2D eigenvalue weighted by Gasteiger charge is -2.35. The van der Waals surface area contributed by atoms with Crippen LogP contribution in [0.15, 0.2) is 47.0 Å². The molecule has 0 aliphatic rings. The number of carbonyl (C=O) groups excluding carboxylic acids is 3. The van der Waals surface area contributed by atoms with Crippen LogP contribution < -0.4 is 29.6 Å². The molecule has 12 heteroatoms. The summed E-state index contributed by atoms with van der Waals surface area (Å²) in [7, 11) is 6.10. The quantitative estimate of drug-likeness (QED) is 0.229. The second-order valence-electron chi connectivity index (χ2n) is 11.1. The van der Waals surface area contributed by atoms with E-state index >= 15 is 0 Å². The highest BCUT2D eigenvalue weighted by atomic mass is 16.5. The number of ether oxygens (including phenoxy) is 4. The molecule has 0 saturated carbocycles. The van der Waals surface area contributed by atoms with Crippen LogP contribution in [-0.4, -0.2) is 68.3 Å². The van der Waals surface area contributed by atoms with Gasteiger partial charge in [-0.2, -0.15) is 0 Å². The molecule has 2 aromatic carbocycles. The minimum atomic E-state index is -1.10. The fourth-order valence-electron chi connectivity index (χ4n) is 4.75. The summed E-state index contributed by atoms with van der Waals surface area (Å²) in [5, 5.41) is 9.51. The summed E-state index contributed by atoms with van der Waals surface area (Å²) in [5.41, 5.74) is 0.745. The summed E-state index contributed by atoms with van der Waals surface area (Å²) in [5.74, 6) is 1.45. The number of para-hydroxylation sites is 1. The summed E-state index contributed by atoms with van der Waals surface area (Å²) in [6.45, 7) is 7.65. The molecular formula is C33H44N4O8. The van der Waals surface area contributed by atoms with E-state index in [9.17, 15) is 14.4 Å². The van der Waals surface area contributed by atoms with E-state index in [2.05, 4.69) is 15.8 Å². The number of nitrogens with one attached hydrogen (secondary N) is 2. The van der Waals surface area contributed by atoms with Crippen LogP contribution in [0.25, 0.3) is 0 Å². The lowest BCUT2D eigenvalue weighted by molar-refractivity contribution is -0.142. The van der Waals surface area contributed by atoms with E-state index in [1.807, 2.05) is 32.9 Å². The van der Waals surface area contributed by atoms with Crippen molar-refractivity contribution in [3.05, 3.63) is 59.4 Å². The highest BCUT2D eigenvalue weighted by Gasteiger charge is 2.36. The van der Waals surface area contributed by atoms with Gasteiger partial charge in [0.05, 0.1) is 28.4 Å². The maximum absolute atomic E-state index is 14.2. The molecule has 0 unspecified atom stereocenters. The third kappa shape index (κ3) is 9.13. The number of aromatic nitrogens is 1. The molecule has 0 aliphatic heterocycles. The number of methoxy groups -OCH3 is 4. The van der Waals surface area contributed by atoms with Crippen LogP contribution >= 0.6 is 0 Å². The molecule has 0 radical (unpaired) electrons. The second-order valence-corrected chi connectivity index (χ2v) is 11.1. The van der Waals surface area contributed by atoms with Crippen molar-refractivity contribution >= 4 is 23.5 Å². The van der Waals surface area contributed by atoms with Crippen LogP contribution in [0.4, 0.5) is 5.82 Å². The number of rotatable bonds is 16. The maximum Gasteiger partial charge on any atom is 0.248 e. The zero-order valence-electron chi connectivity index (χ0n) is 27.3. The number of hydrogen-bond acceptors (Lipinski definition) is 9. The Kier molecular flexibility index (Phi) is 12.2. The Labute approximate surface area is 264 Å². The van der Waals surface area contributed by atoms with Gasteiger partial charge in [-0.3, -0.25) is 14.4 Å². The van der Waals surface area contributed by atoms with Crippen molar-refractivity contribution in [3.63, 3.8) is 0 Å². The lowest BCUT2D eigenvalue weighted by Crippen LogP contribution is -2.50. The summed E-state index contributed by atoms with van der Waals surface area (Å²) >= 11 is 0. The summed E-state index contributed by atoms with van der Waals surface area (Å²) < 4.78 is 27.1. The molecule has 244 valence electrons. The van der Waals surface area contributed by atoms with Crippen molar-refractivity contribution in [1.29, 1.82) is 0 Å². The molecule has 0 aliphatic carbocycles. The monoisotopic (exact) mass is 624 g/mol. The fourth-order valence-corrected chi connectivity index (χ4v) is 4.75. The van der Waals surface area contributed by atoms with E-state index in [1.165, 1.54) is 19.1 Å². The van der Waals surface area contributed by atoms with Gasteiger partial charge in [0, 0.05) is 36.6 Å². The van der Waals surface area contributed by atoms with Gasteiger partial charge < -0.3 is 39.0 Å². The van der Waals surface area contributed by atoms with E-state index in [-0.39, 0.29) is 25.2 Å². The third-order valence-electron chi connectivity index (χ3n) is 7.50. The van der Waals surface area contributed by atoms with Crippen molar-refractivity contribution in [3.8, 4) is 23.0 Å². The van der Waals surface area contributed by atoms with Crippen LogP contribution in [0, 0.1) is 6.92 Å². The first-order valence-electron chi connectivity index (χ1n) is 14.7. The minimum Gasteiger partial charge on any atom is -0.493 e. The zero-order chi connectivity index (χ0) is 33.1. The Bertz CT molecular complexity index is 1470. The molecule has 0 fully saturated rings. The Morgan fingerprint density at radius 2 is 1.64 bits per heavy atom. The lowest BCUT2D eigenvalue weighted by atomic mass is 9.97.